The molecule has 0 atom stereocenters. The van der Waals surface area contributed by atoms with Crippen LogP contribution in [0.3, 0.4) is 0 Å². The maximum Gasteiger partial charge on any atom is 0.325 e. The van der Waals surface area contributed by atoms with Gasteiger partial charge < -0.3 is 19.4 Å². The number of amides is 1. The molecule has 0 bridgehead atoms. The largest absolute Gasteiger partial charge is 0.494 e. The Kier molecular flexibility index (Phi) is 7.37. The molecule has 1 aromatic heterocycles. The Morgan fingerprint density at radius 3 is 2.32 bits per heavy atom. The molecule has 1 N–H and O–H groups in total. The highest BCUT2D eigenvalue weighted by molar-refractivity contribution is 6.00. The van der Waals surface area contributed by atoms with E-state index in [0.29, 0.717) is 23.5 Å². The minimum absolute atomic E-state index is 0.265. The van der Waals surface area contributed by atoms with Gasteiger partial charge in [0, 0.05) is 29.1 Å². The van der Waals surface area contributed by atoms with Crippen molar-refractivity contribution in [2.45, 2.75) is 34.2 Å². The number of aromatic nitrogens is 1. The van der Waals surface area contributed by atoms with E-state index < -0.39 is 11.9 Å². The zero-order chi connectivity index (χ0) is 20.7. The van der Waals surface area contributed by atoms with Gasteiger partial charge in [-0.1, -0.05) is 0 Å². The molecular weight excluding hydrogens is 360 g/mol. The van der Waals surface area contributed by atoms with Gasteiger partial charge in [-0.15, -0.1) is 0 Å². The molecule has 7 nitrogen and oxygen atoms in total. The highest BCUT2D eigenvalue weighted by Crippen LogP contribution is 2.16. The summed E-state index contributed by atoms with van der Waals surface area (Å²) in [5.74, 6) is -0.673. The standard InChI is InChI=1S/C21H26N2O5/c1-5-23-14(3)11-18(15(23)4)19(24)13-28-20(25)12-22-21(26)16-7-9-17(10-8-16)27-6-2/h7-11H,5-6,12-13H2,1-4H3,(H,22,26). The number of hydrogen-bond acceptors (Lipinski definition) is 5. The Morgan fingerprint density at radius 1 is 1.07 bits per heavy atom. The molecule has 0 saturated carbocycles. The van der Waals surface area contributed by atoms with Crippen molar-refractivity contribution in [1.82, 2.24) is 9.88 Å². The molecule has 1 aromatic carbocycles. The fourth-order valence-electron chi connectivity index (χ4n) is 2.97. The van der Waals surface area contributed by atoms with Crippen molar-refractivity contribution in [2.75, 3.05) is 19.8 Å². The first-order chi connectivity index (χ1) is 13.4. The summed E-state index contributed by atoms with van der Waals surface area (Å²) in [6.45, 7) is 8.30. The van der Waals surface area contributed by atoms with E-state index >= 15 is 0 Å². The lowest BCUT2D eigenvalue weighted by molar-refractivity contribution is -0.141. The third kappa shape index (κ3) is 5.22. The minimum Gasteiger partial charge on any atom is -0.494 e. The first-order valence-corrected chi connectivity index (χ1v) is 9.24. The number of hydrogen-bond donors (Lipinski definition) is 1. The summed E-state index contributed by atoms with van der Waals surface area (Å²) in [4.78, 5) is 36.2. The van der Waals surface area contributed by atoms with E-state index in [-0.39, 0.29) is 18.9 Å². The van der Waals surface area contributed by atoms with Gasteiger partial charge in [0.25, 0.3) is 5.91 Å². The number of carbonyl (C=O) groups excluding carboxylic acids is 3. The van der Waals surface area contributed by atoms with Gasteiger partial charge in [0.05, 0.1) is 6.61 Å². The lowest BCUT2D eigenvalue weighted by Crippen LogP contribution is -2.31. The van der Waals surface area contributed by atoms with E-state index in [1.54, 1.807) is 30.3 Å². The third-order valence-corrected chi connectivity index (χ3v) is 4.38. The number of rotatable bonds is 9. The van der Waals surface area contributed by atoms with E-state index in [1.807, 2.05) is 32.3 Å². The van der Waals surface area contributed by atoms with Crippen molar-refractivity contribution in [3.8, 4) is 5.75 Å². The van der Waals surface area contributed by atoms with Gasteiger partial charge in [-0.3, -0.25) is 14.4 Å². The van der Waals surface area contributed by atoms with E-state index in [4.69, 9.17) is 9.47 Å². The van der Waals surface area contributed by atoms with Crippen LogP contribution < -0.4 is 10.1 Å². The molecule has 0 saturated heterocycles. The fourth-order valence-corrected chi connectivity index (χ4v) is 2.97. The molecule has 1 amide bonds. The molecule has 0 aliphatic heterocycles. The summed E-state index contributed by atoms with van der Waals surface area (Å²) in [5, 5.41) is 2.48. The van der Waals surface area contributed by atoms with Crippen LogP contribution in [0.15, 0.2) is 30.3 Å². The van der Waals surface area contributed by atoms with E-state index in [1.165, 1.54) is 0 Å². The highest BCUT2D eigenvalue weighted by Gasteiger charge is 2.17. The number of ketones is 1. The highest BCUT2D eigenvalue weighted by atomic mass is 16.5. The second kappa shape index (κ2) is 9.73. The summed E-state index contributed by atoms with van der Waals surface area (Å²) in [6, 6.07) is 8.38. The first kappa shape index (κ1) is 21.2. The van der Waals surface area contributed by atoms with Gasteiger partial charge in [0.15, 0.2) is 6.61 Å². The number of nitrogens with zero attached hydrogens (tertiary/aromatic N) is 1. The lowest BCUT2D eigenvalue weighted by atomic mass is 10.1. The predicted molar refractivity (Wildman–Crippen MR) is 105 cm³/mol. The van der Waals surface area contributed by atoms with Crippen molar-refractivity contribution in [3.63, 3.8) is 0 Å². The van der Waals surface area contributed by atoms with Gasteiger partial charge in [0.2, 0.25) is 5.78 Å². The van der Waals surface area contributed by atoms with Crippen molar-refractivity contribution in [2.24, 2.45) is 0 Å². The Hall–Kier alpha value is -3.09. The number of Topliss-reactive ketones (excluding diaryl/α,β-unsaturated/α-hetero) is 1. The van der Waals surface area contributed by atoms with Crippen LogP contribution in [0.1, 0.15) is 46.0 Å². The normalized spacial score (nSPS) is 10.4. The molecule has 1 heterocycles. The molecule has 0 aliphatic carbocycles. The first-order valence-electron chi connectivity index (χ1n) is 9.24. The average Bonchev–Trinajstić information content (AvgIpc) is 2.98. The fraction of sp³-hybridized carbons (Fsp3) is 0.381. The summed E-state index contributed by atoms with van der Waals surface area (Å²) >= 11 is 0. The zero-order valence-electron chi connectivity index (χ0n) is 16.7. The third-order valence-electron chi connectivity index (χ3n) is 4.38. The number of aryl methyl sites for hydroxylation is 1. The SMILES string of the molecule is CCOc1ccc(C(=O)NCC(=O)OCC(=O)c2cc(C)n(CC)c2C)cc1. The Bertz CT molecular complexity index is 852. The lowest BCUT2D eigenvalue weighted by Gasteiger charge is -2.08. The molecule has 0 spiro atoms. The minimum atomic E-state index is -0.670. The van der Waals surface area contributed by atoms with Gasteiger partial charge in [-0.25, -0.2) is 0 Å². The molecule has 0 fully saturated rings. The summed E-state index contributed by atoms with van der Waals surface area (Å²) < 4.78 is 12.3. The van der Waals surface area contributed by atoms with E-state index in [2.05, 4.69) is 5.32 Å². The van der Waals surface area contributed by atoms with Crippen LogP contribution in [0.25, 0.3) is 0 Å². The molecule has 7 heteroatoms. The van der Waals surface area contributed by atoms with Crippen LogP contribution in [0.2, 0.25) is 0 Å². The van der Waals surface area contributed by atoms with E-state index in [0.717, 1.165) is 17.9 Å². The number of carbonyl (C=O) groups is 3. The van der Waals surface area contributed by atoms with Crippen LogP contribution in [-0.2, 0) is 16.1 Å². The Balaban J connectivity index is 1.82. The second-order valence-corrected chi connectivity index (χ2v) is 6.25. The molecule has 0 radical (unpaired) electrons. The molecule has 2 aromatic rings. The Morgan fingerprint density at radius 2 is 1.75 bits per heavy atom. The number of benzene rings is 1. The van der Waals surface area contributed by atoms with Crippen LogP contribution in [0, 0.1) is 13.8 Å². The maximum absolute atomic E-state index is 12.3. The van der Waals surface area contributed by atoms with Crippen LogP contribution in [-0.4, -0.2) is 42.0 Å². The Labute approximate surface area is 164 Å². The van der Waals surface area contributed by atoms with Gasteiger partial charge >= 0.3 is 5.97 Å². The maximum atomic E-state index is 12.3. The van der Waals surface area contributed by atoms with Gasteiger partial charge in [0.1, 0.15) is 12.3 Å². The summed E-state index contributed by atoms with van der Waals surface area (Å²) in [6.07, 6.45) is 0. The van der Waals surface area contributed by atoms with Crippen molar-refractivity contribution in [1.29, 1.82) is 0 Å². The topological polar surface area (TPSA) is 86.6 Å². The molecule has 28 heavy (non-hydrogen) atoms. The molecular formula is C21H26N2O5. The van der Waals surface area contributed by atoms with Gasteiger partial charge in [-0.2, -0.15) is 0 Å². The molecule has 150 valence electrons. The van der Waals surface area contributed by atoms with Crippen molar-refractivity contribution >= 4 is 17.7 Å². The van der Waals surface area contributed by atoms with E-state index in [9.17, 15) is 14.4 Å². The summed E-state index contributed by atoms with van der Waals surface area (Å²) in [5.41, 5.74) is 2.78. The molecule has 2 rings (SSSR count). The van der Waals surface area contributed by atoms with Crippen molar-refractivity contribution in [3.05, 3.63) is 52.8 Å². The zero-order valence-corrected chi connectivity index (χ0v) is 16.7. The number of ether oxygens (including phenoxy) is 2. The second-order valence-electron chi connectivity index (χ2n) is 6.25. The molecule has 0 aliphatic rings. The average molecular weight is 386 g/mol. The monoisotopic (exact) mass is 386 g/mol. The van der Waals surface area contributed by atoms with Gasteiger partial charge in [-0.05, 0) is 58.0 Å². The van der Waals surface area contributed by atoms with Crippen LogP contribution in [0.5, 0.6) is 5.75 Å². The summed E-state index contributed by atoms with van der Waals surface area (Å²) in [7, 11) is 0. The number of nitrogens with one attached hydrogen (secondary N) is 1. The number of esters is 1. The van der Waals surface area contributed by atoms with Crippen LogP contribution >= 0.6 is 0 Å². The quantitative estimate of drug-likeness (QED) is 0.529. The molecule has 0 unspecified atom stereocenters. The van der Waals surface area contributed by atoms with Crippen LogP contribution in [0.4, 0.5) is 0 Å². The predicted octanol–water partition coefficient (Wildman–Crippen LogP) is 2.68. The smallest absolute Gasteiger partial charge is 0.325 e. The van der Waals surface area contributed by atoms with Crippen molar-refractivity contribution < 1.29 is 23.9 Å².